The van der Waals surface area contributed by atoms with E-state index in [1.54, 1.807) is 31.3 Å². The predicted octanol–water partition coefficient (Wildman–Crippen LogP) is 3.49. The minimum Gasteiger partial charge on any atom is -0.396 e. The van der Waals surface area contributed by atoms with Crippen LogP contribution in [-0.4, -0.2) is 42.7 Å². The number of aliphatic hydroxyl groups is 2. The highest BCUT2D eigenvalue weighted by Gasteiger charge is 2.22. The Morgan fingerprint density at radius 1 is 1.26 bits per heavy atom. The SMILES string of the molecule is CCC(O)c1cc(F)c(-c2cc(C(N)=O)c(Nc3cccc(-n4cc(CCO)nn4)n3)s2)c(F)c1. The molecule has 12 heteroatoms. The molecular formula is C23H22F2N6O3S. The highest BCUT2D eigenvalue weighted by Crippen LogP contribution is 2.40. The molecule has 0 aliphatic rings. The maximum atomic E-state index is 14.8. The van der Waals surface area contributed by atoms with Gasteiger partial charge in [-0.25, -0.2) is 18.4 Å². The summed E-state index contributed by atoms with van der Waals surface area (Å²) in [5, 5.41) is 30.2. The normalized spacial score (nSPS) is 12.0. The Balaban J connectivity index is 1.67. The third-order valence-corrected chi connectivity index (χ3v) is 6.27. The quantitative estimate of drug-likeness (QED) is 0.276. The number of pyridine rings is 1. The number of nitrogens with one attached hydrogen (secondary N) is 1. The third-order valence-electron chi connectivity index (χ3n) is 5.20. The lowest BCUT2D eigenvalue weighted by molar-refractivity contribution is 0.100. The van der Waals surface area contributed by atoms with Crippen LogP contribution in [0.15, 0.2) is 42.6 Å². The van der Waals surface area contributed by atoms with E-state index in [-0.39, 0.29) is 33.2 Å². The van der Waals surface area contributed by atoms with Crippen molar-refractivity contribution in [1.82, 2.24) is 20.0 Å². The Bertz CT molecular complexity index is 1350. The average Bonchev–Trinajstić information content (AvgIpc) is 3.46. The van der Waals surface area contributed by atoms with E-state index in [0.717, 1.165) is 23.5 Å². The van der Waals surface area contributed by atoms with Gasteiger partial charge in [-0.2, -0.15) is 0 Å². The van der Waals surface area contributed by atoms with Gasteiger partial charge < -0.3 is 21.3 Å². The molecule has 0 radical (unpaired) electrons. The van der Waals surface area contributed by atoms with Crippen LogP contribution >= 0.6 is 11.3 Å². The second kappa shape index (κ2) is 10.3. The summed E-state index contributed by atoms with van der Waals surface area (Å²) in [5.74, 6) is -1.75. The number of hydrogen-bond donors (Lipinski definition) is 4. The van der Waals surface area contributed by atoms with Crippen molar-refractivity contribution in [1.29, 1.82) is 0 Å². The molecule has 5 N–H and O–H groups in total. The molecule has 0 spiro atoms. The van der Waals surface area contributed by atoms with E-state index in [0.29, 0.717) is 30.2 Å². The van der Waals surface area contributed by atoms with Crippen molar-refractivity contribution in [3.8, 4) is 16.3 Å². The zero-order valence-electron chi connectivity index (χ0n) is 18.6. The smallest absolute Gasteiger partial charge is 0.251 e. The van der Waals surface area contributed by atoms with Crippen LogP contribution in [0, 0.1) is 11.6 Å². The van der Waals surface area contributed by atoms with Gasteiger partial charge >= 0.3 is 0 Å². The number of benzene rings is 1. The first-order chi connectivity index (χ1) is 16.8. The van der Waals surface area contributed by atoms with Crippen molar-refractivity contribution < 1.29 is 23.8 Å². The van der Waals surface area contributed by atoms with Crippen LogP contribution in [0.2, 0.25) is 0 Å². The van der Waals surface area contributed by atoms with E-state index in [4.69, 9.17) is 10.8 Å². The van der Waals surface area contributed by atoms with Crippen molar-refractivity contribution in [2.24, 2.45) is 5.73 Å². The van der Waals surface area contributed by atoms with Crippen molar-refractivity contribution in [2.75, 3.05) is 11.9 Å². The summed E-state index contributed by atoms with van der Waals surface area (Å²) < 4.78 is 31.1. The third kappa shape index (κ3) is 5.19. The number of primary amides is 1. The monoisotopic (exact) mass is 500 g/mol. The van der Waals surface area contributed by atoms with Gasteiger partial charge in [-0.15, -0.1) is 16.4 Å². The molecule has 3 aromatic heterocycles. The van der Waals surface area contributed by atoms with Crippen molar-refractivity contribution >= 4 is 28.1 Å². The fourth-order valence-corrected chi connectivity index (χ4v) is 4.54. The number of aromatic nitrogens is 4. The number of carbonyl (C=O) groups excluding carboxylic acids is 1. The van der Waals surface area contributed by atoms with Gasteiger partial charge in [-0.1, -0.05) is 18.2 Å². The molecule has 0 bridgehead atoms. The summed E-state index contributed by atoms with van der Waals surface area (Å²) in [4.78, 5) is 16.6. The van der Waals surface area contributed by atoms with Crippen LogP contribution in [0.25, 0.3) is 16.3 Å². The number of halogens is 2. The topological polar surface area (TPSA) is 139 Å². The minimum atomic E-state index is -0.988. The molecule has 4 aromatic rings. The molecule has 0 saturated heterocycles. The Morgan fingerprint density at radius 2 is 2.00 bits per heavy atom. The number of aliphatic hydroxyl groups excluding tert-OH is 2. The molecule has 0 saturated carbocycles. The van der Waals surface area contributed by atoms with E-state index in [1.807, 2.05) is 0 Å². The molecule has 1 unspecified atom stereocenters. The van der Waals surface area contributed by atoms with E-state index in [1.165, 1.54) is 10.7 Å². The Morgan fingerprint density at radius 3 is 2.66 bits per heavy atom. The average molecular weight is 501 g/mol. The highest BCUT2D eigenvalue weighted by atomic mass is 32.1. The predicted molar refractivity (Wildman–Crippen MR) is 127 cm³/mol. The van der Waals surface area contributed by atoms with Crippen LogP contribution in [0.1, 0.15) is 41.1 Å². The fourth-order valence-electron chi connectivity index (χ4n) is 3.42. The molecule has 1 amide bonds. The van der Waals surface area contributed by atoms with Crippen molar-refractivity contribution in [2.45, 2.75) is 25.9 Å². The largest absolute Gasteiger partial charge is 0.396 e. The number of anilines is 2. The maximum absolute atomic E-state index is 14.8. The van der Waals surface area contributed by atoms with Gasteiger partial charge in [0.2, 0.25) is 0 Å². The van der Waals surface area contributed by atoms with E-state index < -0.39 is 23.6 Å². The summed E-state index contributed by atoms with van der Waals surface area (Å²) in [5.41, 5.74) is 5.96. The Labute approximate surface area is 202 Å². The summed E-state index contributed by atoms with van der Waals surface area (Å²) in [6, 6.07) is 8.51. The lowest BCUT2D eigenvalue weighted by atomic mass is 10.0. The number of amides is 1. The van der Waals surface area contributed by atoms with Crippen LogP contribution in [0.4, 0.5) is 19.6 Å². The van der Waals surface area contributed by atoms with Gasteiger partial charge in [0.25, 0.3) is 5.91 Å². The van der Waals surface area contributed by atoms with Gasteiger partial charge in [0.05, 0.1) is 29.1 Å². The molecule has 4 rings (SSSR count). The molecule has 35 heavy (non-hydrogen) atoms. The molecule has 3 heterocycles. The van der Waals surface area contributed by atoms with Gasteiger partial charge in [-0.05, 0) is 42.3 Å². The molecule has 9 nitrogen and oxygen atoms in total. The zero-order valence-corrected chi connectivity index (χ0v) is 19.4. The van der Waals surface area contributed by atoms with Crippen LogP contribution in [0.5, 0.6) is 0 Å². The van der Waals surface area contributed by atoms with Gasteiger partial charge in [0, 0.05) is 17.9 Å². The standard InChI is InChI=1S/C23H22F2N6O3S/c1-2-17(33)12-8-15(24)21(16(25)9-12)18-10-14(22(26)34)23(35-18)28-19-4-3-5-20(27-19)31-11-13(6-7-32)29-30-31/h3-5,8-11,17,32-33H,2,6-7H2,1H3,(H2,26,34)(H,27,28). The fraction of sp³-hybridized carbons (Fsp3) is 0.217. The lowest BCUT2D eigenvalue weighted by Crippen LogP contribution is -2.11. The first-order valence-corrected chi connectivity index (χ1v) is 11.5. The number of thiophene rings is 1. The van der Waals surface area contributed by atoms with Crippen molar-refractivity contribution in [3.63, 3.8) is 0 Å². The first-order valence-electron chi connectivity index (χ1n) is 10.7. The van der Waals surface area contributed by atoms with Gasteiger partial charge in [0.1, 0.15) is 22.5 Å². The van der Waals surface area contributed by atoms with Crippen LogP contribution in [-0.2, 0) is 6.42 Å². The maximum Gasteiger partial charge on any atom is 0.251 e. The molecule has 0 fully saturated rings. The Kier molecular flexibility index (Phi) is 7.15. The minimum absolute atomic E-state index is 0.0414. The van der Waals surface area contributed by atoms with Crippen molar-refractivity contribution in [3.05, 3.63) is 71.1 Å². The molecule has 1 atom stereocenters. The van der Waals surface area contributed by atoms with Gasteiger partial charge in [-0.3, -0.25) is 4.79 Å². The van der Waals surface area contributed by atoms with Crippen LogP contribution in [0.3, 0.4) is 0 Å². The number of hydrogen-bond acceptors (Lipinski definition) is 8. The summed E-state index contributed by atoms with van der Waals surface area (Å²) in [6.45, 7) is 1.64. The first kappa shape index (κ1) is 24.4. The molecule has 182 valence electrons. The molecule has 0 aliphatic carbocycles. The second-order valence-electron chi connectivity index (χ2n) is 7.64. The van der Waals surface area contributed by atoms with E-state index >= 15 is 0 Å². The Hall–Kier alpha value is -3.74. The van der Waals surface area contributed by atoms with E-state index in [9.17, 15) is 18.7 Å². The lowest BCUT2D eigenvalue weighted by Gasteiger charge is -2.11. The number of nitrogens with zero attached hydrogens (tertiary/aromatic N) is 4. The summed E-state index contributed by atoms with van der Waals surface area (Å²) in [6.07, 6.45) is 1.30. The summed E-state index contributed by atoms with van der Waals surface area (Å²) >= 11 is 0.939. The van der Waals surface area contributed by atoms with Gasteiger partial charge in [0.15, 0.2) is 5.82 Å². The summed E-state index contributed by atoms with van der Waals surface area (Å²) in [7, 11) is 0. The molecular weight excluding hydrogens is 478 g/mol. The second-order valence-corrected chi connectivity index (χ2v) is 8.69. The zero-order chi connectivity index (χ0) is 25.1. The number of rotatable bonds is 9. The highest BCUT2D eigenvalue weighted by molar-refractivity contribution is 7.20. The number of carbonyl (C=O) groups is 1. The van der Waals surface area contributed by atoms with Crippen LogP contribution < -0.4 is 11.1 Å². The van der Waals surface area contributed by atoms with E-state index in [2.05, 4.69) is 20.6 Å². The molecule has 0 aliphatic heterocycles. The number of nitrogens with two attached hydrogens (primary N) is 1. The molecule has 1 aromatic carbocycles.